The van der Waals surface area contributed by atoms with E-state index in [1.165, 1.54) is 0 Å². The summed E-state index contributed by atoms with van der Waals surface area (Å²) in [6, 6.07) is 19.5. The first-order valence-electron chi connectivity index (χ1n) is 6.19. The molecular formula is C16H14O2S. The van der Waals surface area contributed by atoms with E-state index in [1.807, 2.05) is 60.7 Å². The predicted molar refractivity (Wildman–Crippen MR) is 78.4 cm³/mol. The first kappa shape index (κ1) is 12.2. The molecule has 3 rings (SSSR count). The number of sulfone groups is 1. The Kier molecular flexibility index (Phi) is 2.99. The van der Waals surface area contributed by atoms with Crippen LogP contribution in [0.5, 0.6) is 0 Å². The topological polar surface area (TPSA) is 34.1 Å². The second-order valence-electron chi connectivity index (χ2n) is 4.72. The summed E-state index contributed by atoms with van der Waals surface area (Å²) in [6.45, 7) is 0. The third-order valence-corrected chi connectivity index (χ3v) is 4.79. The number of benzene rings is 2. The van der Waals surface area contributed by atoms with Gasteiger partial charge in [0.25, 0.3) is 0 Å². The molecule has 2 nitrogen and oxygen atoms in total. The summed E-state index contributed by atoms with van der Waals surface area (Å²) in [5.41, 5.74) is 3.88. The lowest BCUT2D eigenvalue weighted by atomic mass is 9.97. The summed E-state index contributed by atoms with van der Waals surface area (Å²) in [5.74, 6) is 0.280. The van der Waals surface area contributed by atoms with Crippen LogP contribution in [0.1, 0.15) is 11.1 Å². The second kappa shape index (κ2) is 4.67. The predicted octanol–water partition coefficient (Wildman–Crippen LogP) is 3.03. The Balaban J connectivity index is 2.16. The molecule has 2 aromatic rings. The molecule has 0 fully saturated rings. The van der Waals surface area contributed by atoms with Crippen LogP contribution in [0.4, 0.5) is 0 Å². The molecule has 0 radical (unpaired) electrons. The quantitative estimate of drug-likeness (QED) is 0.840. The van der Waals surface area contributed by atoms with Gasteiger partial charge in [0.2, 0.25) is 0 Å². The lowest BCUT2D eigenvalue weighted by Crippen LogP contribution is -2.03. The smallest absolute Gasteiger partial charge is 0.158 e. The minimum Gasteiger partial charge on any atom is -0.228 e. The molecule has 1 heterocycles. The highest BCUT2D eigenvalue weighted by Crippen LogP contribution is 2.34. The van der Waals surface area contributed by atoms with E-state index < -0.39 is 9.84 Å². The Hall–Kier alpha value is -1.87. The van der Waals surface area contributed by atoms with Crippen LogP contribution < -0.4 is 0 Å². The maximum Gasteiger partial charge on any atom is 0.158 e. The van der Waals surface area contributed by atoms with Gasteiger partial charge in [-0.1, -0.05) is 60.7 Å². The Morgan fingerprint density at radius 3 is 1.37 bits per heavy atom. The summed E-state index contributed by atoms with van der Waals surface area (Å²) in [5, 5.41) is 0. The molecule has 0 bridgehead atoms. The highest BCUT2D eigenvalue weighted by molar-refractivity contribution is 7.92. The second-order valence-corrected chi connectivity index (χ2v) is 6.79. The average Bonchev–Trinajstić information content (AvgIpc) is 2.77. The molecule has 0 N–H and O–H groups in total. The minimum absolute atomic E-state index is 0.140. The van der Waals surface area contributed by atoms with Crippen molar-refractivity contribution in [2.45, 2.75) is 0 Å². The Labute approximate surface area is 113 Å². The molecule has 0 aliphatic carbocycles. The van der Waals surface area contributed by atoms with E-state index >= 15 is 0 Å². The molecule has 19 heavy (non-hydrogen) atoms. The average molecular weight is 270 g/mol. The minimum atomic E-state index is -3.02. The molecule has 0 unspecified atom stereocenters. The van der Waals surface area contributed by atoms with Crippen LogP contribution in [0, 0.1) is 0 Å². The molecule has 0 aromatic heterocycles. The van der Waals surface area contributed by atoms with Crippen molar-refractivity contribution in [1.29, 1.82) is 0 Å². The van der Waals surface area contributed by atoms with Gasteiger partial charge in [0, 0.05) is 0 Å². The zero-order chi connectivity index (χ0) is 13.3. The highest BCUT2D eigenvalue weighted by atomic mass is 32.2. The van der Waals surface area contributed by atoms with Crippen molar-refractivity contribution in [3.8, 4) is 0 Å². The molecule has 1 aliphatic heterocycles. The first-order valence-corrected chi connectivity index (χ1v) is 8.01. The van der Waals surface area contributed by atoms with E-state index in [-0.39, 0.29) is 11.5 Å². The molecule has 3 heteroatoms. The van der Waals surface area contributed by atoms with Gasteiger partial charge in [-0.3, -0.25) is 0 Å². The SMILES string of the molecule is O=S1(=O)CC(c2ccccc2)=C(c2ccccc2)C1. The van der Waals surface area contributed by atoms with Crippen LogP contribution in [0.15, 0.2) is 60.7 Å². The van der Waals surface area contributed by atoms with Gasteiger partial charge >= 0.3 is 0 Å². The van der Waals surface area contributed by atoms with Crippen molar-refractivity contribution >= 4 is 21.0 Å². The molecule has 0 amide bonds. The number of hydrogen-bond acceptors (Lipinski definition) is 2. The summed E-state index contributed by atoms with van der Waals surface area (Å²) < 4.78 is 23.9. The molecule has 0 spiro atoms. The Bertz CT molecular complexity index is 656. The van der Waals surface area contributed by atoms with Gasteiger partial charge in [0.1, 0.15) is 0 Å². The molecule has 0 saturated carbocycles. The van der Waals surface area contributed by atoms with Gasteiger partial charge < -0.3 is 0 Å². The van der Waals surface area contributed by atoms with Crippen LogP contribution in [-0.4, -0.2) is 19.9 Å². The number of rotatable bonds is 2. The summed E-state index contributed by atoms with van der Waals surface area (Å²) in [7, 11) is -3.02. The van der Waals surface area contributed by atoms with E-state index in [1.54, 1.807) is 0 Å². The van der Waals surface area contributed by atoms with Crippen molar-refractivity contribution in [3.05, 3.63) is 71.8 Å². The van der Waals surface area contributed by atoms with Crippen molar-refractivity contribution in [2.24, 2.45) is 0 Å². The molecule has 2 aromatic carbocycles. The maximum atomic E-state index is 12.0. The Morgan fingerprint density at radius 1 is 0.632 bits per heavy atom. The van der Waals surface area contributed by atoms with E-state index in [2.05, 4.69) is 0 Å². The van der Waals surface area contributed by atoms with Gasteiger partial charge in [-0.05, 0) is 22.3 Å². The van der Waals surface area contributed by atoms with Gasteiger partial charge in [0.15, 0.2) is 9.84 Å². The largest absolute Gasteiger partial charge is 0.228 e. The monoisotopic (exact) mass is 270 g/mol. The van der Waals surface area contributed by atoms with E-state index in [0.29, 0.717) is 0 Å². The van der Waals surface area contributed by atoms with Crippen LogP contribution in [-0.2, 0) is 9.84 Å². The van der Waals surface area contributed by atoms with Gasteiger partial charge in [-0.25, -0.2) is 8.42 Å². The van der Waals surface area contributed by atoms with Crippen LogP contribution in [0.3, 0.4) is 0 Å². The lowest BCUT2D eigenvalue weighted by molar-refractivity contribution is 0.604. The fourth-order valence-electron chi connectivity index (χ4n) is 2.46. The van der Waals surface area contributed by atoms with Crippen LogP contribution in [0.25, 0.3) is 11.1 Å². The third-order valence-electron chi connectivity index (χ3n) is 3.34. The summed E-state index contributed by atoms with van der Waals surface area (Å²) >= 11 is 0. The van der Waals surface area contributed by atoms with Gasteiger partial charge in [-0.15, -0.1) is 0 Å². The summed E-state index contributed by atoms with van der Waals surface area (Å²) in [6.07, 6.45) is 0. The molecule has 0 atom stereocenters. The van der Waals surface area contributed by atoms with Crippen molar-refractivity contribution in [3.63, 3.8) is 0 Å². The first-order chi connectivity index (χ1) is 9.16. The van der Waals surface area contributed by atoms with Crippen molar-refractivity contribution in [2.75, 3.05) is 11.5 Å². The molecular weight excluding hydrogens is 256 g/mol. The fourth-order valence-corrected chi connectivity index (χ4v) is 4.12. The zero-order valence-corrected chi connectivity index (χ0v) is 11.2. The summed E-state index contributed by atoms with van der Waals surface area (Å²) in [4.78, 5) is 0. The van der Waals surface area contributed by atoms with E-state index in [9.17, 15) is 8.42 Å². The Morgan fingerprint density at radius 2 is 1.00 bits per heavy atom. The lowest BCUT2D eigenvalue weighted by Gasteiger charge is -2.06. The molecule has 0 saturated heterocycles. The van der Waals surface area contributed by atoms with E-state index in [4.69, 9.17) is 0 Å². The van der Waals surface area contributed by atoms with Crippen molar-refractivity contribution in [1.82, 2.24) is 0 Å². The standard InChI is InChI=1S/C16H14O2S/c17-19(18)11-15(13-7-3-1-4-8-13)16(12-19)14-9-5-2-6-10-14/h1-10H,11-12H2. The zero-order valence-electron chi connectivity index (χ0n) is 10.4. The number of hydrogen-bond donors (Lipinski definition) is 0. The van der Waals surface area contributed by atoms with Gasteiger partial charge in [-0.2, -0.15) is 0 Å². The normalized spacial score (nSPS) is 17.7. The maximum absolute atomic E-state index is 12.0. The van der Waals surface area contributed by atoms with Crippen LogP contribution >= 0.6 is 0 Å². The van der Waals surface area contributed by atoms with Crippen molar-refractivity contribution < 1.29 is 8.42 Å². The molecule has 96 valence electrons. The molecule has 1 aliphatic rings. The van der Waals surface area contributed by atoms with E-state index in [0.717, 1.165) is 22.3 Å². The highest BCUT2D eigenvalue weighted by Gasteiger charge is 2.28. The third kappa shape index (κ3) is 2.47. The van der Waals surface area contributed by atoms with Gasteiger partial charge in [0.05, 0.1) is 11.5 Å². The fraction of sp³-hybridized carbons (Fsp3) is 0.125. The van der Waals surface area contributed by atoms with Crippen LogP contribution in [0.2, 0.25) is 0 Å².